The number of rotatable bonds is 4. The molecular formula is C21H29F3N2O3. The summed E-state index contributed by atoms with van der Waals surface area (Å²) in [5.41, 5.74) is -0.913. The van der Waals surface area contributed by atoms with E-state index in [0.29, 0.717) is 31.5 Å². The number of carbonyl (C=O) groups is 1. The normalized spacial score (nSPS) is 26.1. The Hall–Kier alpha value is -1.80. The fraction of sp³-hybridized carbons (Fsp3) is 0.667. The lowest BCUT2D eigenvalue weighted by Crippen LogP contribution is -2.58. The van der Waals surface area contributed by atoms with Gasteiger partial charge in [0.05, 0.1) is 11.5 Å². The largest absolute Gasteiger partial charge is 0.573 e. The number of aliphatic hydroxyl groups is 1. The van der Waals surface area contributed by atoms with Gasteiger partial charge in [-0.1, -0.05) is 31.4 Å². The summed E-state index contributed by atoms with van der Waals surface area (Å²) in [7, 11) is 0. The van der Waals surface area contributed by atoms with E-state index in [1.807, 2.05) is 13.8 Å². The molecule has 0 bridgehead atoms. The molecule has 1 aromatic carbocycles. The van der Waals surface area contributed by atoms with Crippen molar-refractivity contribution in [1.29, 1.82) is 0 Å². The van der Waals surface area contributed by atoms with Crippen LogP contribution in [0.4, 0.5) is 13.2 Å². The molecule has 8 heteroatoms. The predicted octanol–water partition coefficient (Wildman–Crippen LogP) is 3.57. The molecule has 2 fully saturated rings. The van der Waals surface area contributed by atoms with Crippen molar-refractivity contribution in [3.63, 3.8) is 0 Å². The van der Waals surface area contributed by atoms with E-state index in [2.05, 4.69) is 10.1 Å². The topological polar surface area (TPSA) is 61.8 Å². The van der Waals surface area contributed by atoms with Gasteiger partial charge in [-0.15, -0.1) is 13.2 Å². The first kappa shape index (κ1) is 21.9. The highest BCUT2D eigenvalue weighted by molar-refractivity contribution is 5.85. The minimum Gasteiger partial charge on any atom is -0.406 e. The zero-order chi connectivity index (χ0) is 21.2. The maximum Gasteiger partial charge on any atom is 0.573 e. The van der Waals surface area contributed by atoms with Crippen LogP contribution in [0.1, 0.15) is 57.4 Å². The molecule has 1 saturated carbocycles. The van der Waals surface area contributed by atoms with Crippen LogP contribution in [0.25, 0.3) is 0 Å². The minimum absolute atomic E-state index is 0.101. The van der Waals surface area contributed by atoms with E-state index in [1.54, 1.807) is 11.0 Å². The molecule has 2 aliphatic rings. The van der Waals surface area contributed by atoms with E-state index in [-0.39, 0.29) is 23.7 Å². The summed E-state index contributed by atoms with van der Waals surface area (Å²) >= 11 is 0. The van der Waals surface area contributed by atoms with Gasteiger partial charge < -0.3 is 20.1 Å². The molecule has 1 aliphatic carbocycles. The monoisotopic (exact) mass is 414 g/mol. The second kappa shape index (κ2) is 8.52. The Morgan fingerprint density at radius 1 is 1.21 bits per heavy atom. The molecule has 1 amide bonds. The van der Waals surface area contributed by atoms with Gasteiger partial charge in [-0.2, -0.15) is 0 Å². The summed E-state index contributed by atoms with van der Waals surface area (Å²) in [5, 5.41) is 14.8. The number of amides is 1. The molecule has 0 unspecified atom stereocenters. The average molecular weight is 414 g/mol. The van der Waals surface area contributed by atoms with Crippen molar-refractivity contribution in [2.45, 2.75) is 75.9 Å². The SMILES string of the molecule is C[C@H]1CN(C(=O)[C@H](c2cccc(OC(F)(F)F)c2)C2(O)CCCCC2)C[C@H](C)N1. The number of ether oxygens (including phenoxy) is 1. The van der Waals surface area contributed by atoms with Crippen molar-refractivity contribution in [3.8, 4) is 5.75 Å². The molecule has 0 spiro atoms. The van der Waals surface area contributed by atoms with E-state index >= 15 is 0 Å². The Morgan fingerprint density at radius 2 is 1.83 bits per heavy atom. The summed E-state index contributed by atoms with van der Waals surface area (Å²) in [6.07, 6.45) is -1.37. The fourth-order valence-electron chi connectivity index (χ4n) is 4.72. The lowest BCUT2D eigenvalue weighted by molar-refractivity contribution is -0.274. The number of alkyl halides is 3. The van der Waals surface area contributed by atoms with Crippen LogP contribution in [0, 0.1) is 0 Å². The van der Waals surface area contributed by atoms with Crippen LogP contribution in [0.15, 0.2) is 24.3 Å². The number of halogens is 3. The average Bonchev–Trinajstić information content (AvgIpc) is 2.60. The van der Waals surface area contributed by atoms with Gasteiger partial charge in [0, 0.05) is 25.2 Å². The van der Waals surface area contributed by atoms with E-state index < -0.39 is 17.9 Å². The van der Waals surface area contributed by atoms with Gasteiger partial charge in [-0.25, -0.2) is 0 Å². The zero-order valence-corrected chi connectivity index (χ0v) is 16.8. The molecule has 3 atom stereocenters. The third kappa shape index (κ3) is 5.42. The first-order valence-corrected chi connectivity index (χ1v) is 10.2. The van der Waals surface area contributed by atoms with Crippen LogP contribution in [-0.2, 0) is 4.79 Å². The molecule has 2 N–H and O–H groups in total. The Kier molecular flexibility index (Phi) is 6.43. The van der Waals surface area contributed by atoms with Crippen LogP contribution < -0.4 is 10.1 Å². The molecule has 1 saturated heterocycles. The highest BCUT2D eigenvalue weighted by Crippen LogP contribution is 2.42. The predicted molar refractivity (Wildman–Crippen MR) is 103 cm³/mol. The van der Waals surface area contributed by atoms with Crippen molar-refractivity contribution in [2.75, 3.05) is 13.1 Å². The number of nitrogens with one attached hydrogen (secondary N) is 1. The van der Waals surface area contributed by atoms with Crippen molar-refractivity contribution >= 4 is 5.91 Å². The summed E-state index contributed by atoms with van der Waals surface area (Å²) in [5.74, 6) is -1.54. The Morgan fingerprint density at radius 3 is 2.41 bits per heavy atom. The number of benzene rings is 1. The lowest BCUT2D eigenvalue weighted by atomic mass is 9.72. The van der Waals surface area contributed by atoms with Gasteiger partial charge in [0.2, 0.25) is 5.91 Å². The number of hydrogen-bond donors (Lipinski definition) is 2. The van der Waals surface area contributed by atoms with Crippen LogP contribution >= 0.6 is 0 Å². The van der Waals surface area contributed by atoms with Crippen LogP contribution in [0.2, 0.25) is 0 Å². The van der Waals surface area contributed by atoms with E-state index in [4.69, 9.17) is 0 Å². The van der Waals surface area contributed by atoms with Crippen LogP contribution in [-0.4, -0.2) is 53.1 Å². The first-order chi connectivity index (χ1) is 13.6. The van der Waals surface area contributed by atoms with Crippen molar-refractivity contribution < 1.29 is 27.8 Å². The quantitative estimate of drug-likeness (QED) is 0.791. The van der Waals surface area contributed by atoms with Crippen molar-refractivity contribution in [2.24, 2.45) is 0 Å². The second-order valence-electron chi connectivity index (χ2n) is 8.43. The zero-order valence-electron chi connectivity index (χ0n) is 16.8. The number of piperazine rings is 1. The molecule has 3 rings (SSSR count). The number of nitrogens with zero attached hydrogens (tertiary/aromatic N) is 1. The van der Waals surface area contributed by atoms with E-state index in [9.17, 15) is 23.1 Å². The summed E-state index contributed by atoms with van der Waals surface area (Å²) in [6, 6.07) is 5.68. The van der Waals surface area contributed by atoms with Crippen molar-refractivity contribution in [3.05, 3.63) is 29.8 Å². The molecule has 29 heavy (non-hydrogen) atoms. The first-order valence-electron chi connectivity index (χ1n) is 10.2. The highest BCUT2D eigenvalue weighted by atomic mass is 19.4. The maximum atomic E-state index is 13.6. The molecule has 1 aromatic rings. The van der Waals surface area contributed by atoms with E-state index in [0.717, 1.165) is 19.3 Å². The van der Waals surface area contributed by atoms with Gasteiger partial charge >= 0.3 is 6.36 Å². The van der Waals surface area contributed by atoms with Gasteiger partial charge in [-0.3, -0.25) is 4.79 Å². The van der Waals surface area contributed by atoms with E-state index in [1.165, 1.54) is 18.2 Å². The van der Waals surface area contributed by atoms with Gasteiger partial charge in [0.1, 0.15) is 5.75 Å². The smallest absolute Gasteiger partial charge is 0.406 e. The van der Waals surface area contributed by atoms with Crippen LogP contribution in [0.5, 0.6) is 5.75 Å². The fourth-order valence-corrected chi connectivity index (χ4v) is 4.72. The highest BCUT2D eigenvalue weighted by Gasteiger charge is 2.45. The molecule has 1 aliphatic heterocycles. The summed E-state index contributed by atoms with van der Waals surface area (Å²) < 4.78 is 42.1. The van der Waals surface area contributed by atoms with Gasteiger partial charge in [0.25, 0.3) is 0 Å². The van der Waals surface area contributed by atoms with Crippen LogP contribution in [0.3, 0.4) is 0 Å². The minimum atomic E-state index is -4.82. The molecule has 0 radical (unpaired) electrons. The molecule has 162 valence electrons. The molecule has 0 aromatic heterocycles. The lowest BCUT2D eigenvalue weighted by Gasteiger charge is -2.43. The summed E-state index contributed by atoms with van der Waals surface area (Å²) in [6.45, 7) is 4.96. The second-order valence-corrected chi connectivity index (χ2v) is 8.43. The molecular weight excluding hydrogens is 385 g/mol. The maximum absolute atomic E-state index is 13.6. The van der Waals surface area contributed by atoms with Gasteiger partial charge in [0.15, 0.2) is 0 Å². The third-order valence-corrected chi connectivity index (χ3v) is 5.80. The van der Waals surface area contributed by atoms with Crippen molar-refractivity contribution in [1.82, 2.24) is 10.2 Å². The third-order valence-electron chi connectivity index (χ3n) is 5.80. The standard InChI is InChI=1S/C21H29F3N2O3/c1-14-12-26(13-15(2)25-14)19(27)18(20(28)9-4-3-5-10-20)16-7-6-8-17(11-16)29-21(22,23)24/h6-8,11,14-15,18,25,28H,3-5,9-10,12-13H2,1-2H3/t14-,15-,18-/m0/s1. The Bertz CT molecular complexity index is 709. The Labute approximate surface area is 169 Å². The molecule has 5 nitrogen and oxygen atoms in total. The molecule has 1 heterocycles. The number of hydrogen-bond acceptors (Lipinski definition) is 4. The summed E-state index contributed by atoms with van der Waals surface area (Å²) in [4.78, 5) is 15.3. The Balaban J connectivity index is 1.95. The van der Waals surface area contributed by atoms with Gasteiger partial charge in [-0.05, 0) is 44.4 Å². The number of carbonyl (C=O) groups excluding carboxylic acids is 1.